The zero-order valence-corrected chi connectivity index (χ0v) is 8.48. The molecule has 0 spiro atoms. The van der Waals surface area contributed by atoms with Gasteiger partial charge in [0, 0.05) is 25.7 Å². The van der Waals surface area contributed by atoms with Crippen LogP contribution < -0.4 is 5.73 Å². The van der Waals surface area contributed by atoms with Crippen molar-refractivity contribution in [3.63, 3.8) is 0 Å². The third-order valence-electron chi connectivity index (χ3n) is 2.51. The van der Waals surface area contributed by atoms with Crippen LogP contribution in [0.2, 0.25) is 0 Å². The van der Waals surface area contributed by atoms with Crippen LogP contribution in [0.1, 0.15) is 6.42 Å². The third-order valence-corrected chi connectivity index (χ3v) is 2.51. The number of nitrogens with zero attached hydrogens (tertiary/aromatic N) is 1. The van der Waals surface area contributed by atoms with Gasteiger partial charge in [-0.05, 0) is 6.42 Å². The monoisotopic (exact) mass is 202 g/mol. The molecule has 3 N–H and O–H groups in total. The van der Waals surface area contributed by atoms with Crippen molar-refractivity contribution >= 4 is 5.97 Å². The summed E-state index contributed by atoms with van der Waals surface area (Å²) in [6, 6.07) is -0.000556. The summed E-state index contributed by atoms with van der Waals surface area (Å²) in [5.74, 6) is -0.349. The highest BCUT2D eigenvalue weighted by atomic mass is 16.5. The molecule has 1 fully saturated rings. The van der Waals surface area contributed by atoms with E-state index in [1.165, 1.54) is 7.11 Å². The maximum atomic E-state index is 11.3. The molecule has 1 aliphatic heterocycles. The van der Waals surface area contributed by atoms with Crippen LogP contribution >= 0.6 is 0 Å². The number of piperidine rings is 1. The number of hydrogen-bond donors (Lipinski definition) is 2. The summed E-state index contributed by atoms with van der Waals surface area (Å²) in [5.41, 5.74) is 5.81. The van der Waals surface area contributed by atoms with Gasteiger partial charge in [-0.15, -0.1) is 0 Å². The molecule has 5 nitrogen and oxygen atoms in total. The molecule has 1 heterocycles. The minimum Gasteiger partial charge on any atom is -0.469 e. The summed E-state index contributed by atoms with van der Waals surface area (Å²) >= 11 is 0. The molecule has 2 atom stereocenters. The van der Waals surface area contributed by atoms with Crippen LogP contribution in [0.25, 0.3) is 0 Å². The van der Waals surface area contributed by atoms with Gasteiger partial charge in [0.2, 0.25) is 0 Å². The lowest BCUT2D eigenvalue weighted by Gasteiger charge is -2.34. The number of aliphatic hydroxyl groups is 1. The van der Waals surface area contributed by atoms with Gasteiger partial charge in [-0.1, -0.05) is 0 Å². The largest absolute Gasteiger partial charge is 0.469 e. The van der Waals surface area contributed by atoms with Crippen molar-refractivity contribution in [1.82, 2.24) is 4.90 Å². The number of rotatable bonds is 3. The molecule has 0 aromatic rings. The Morgan fingerprint density at radius 1 is 1.64 bits per heavy atom. The first-order chi connectivity index (χ1) is 6.67. The molecule has 0 bridgehead atoms. The van der Waals surface area contributed by atoms with E-state index in [9.17, 15) is 4.79 Å². The molecule has 0 aliphatic carbocycles. The smallest absolute Gasteiger partial charge is 0.310 e. The molecule has 14 heavy (non-hydrogen) atoms. The summed E-state index contributed by atoms with van der Waals surface area (Å²) < 4.78 is 4.68. The highest BCUT2D eigenvalue weighted by Crippen LogP contribution is 2.16. The fraction of sp³-hybridized carbons (Fsp3) is 0.889. The maximum Gasteiger partial charge on any atom is 0.310 e. The van der Waals surface area contributed by atoms with Gasteiger partial charge >= 0.3 is 5.97 Å². The van der Waals surface area contributed by atoms with Crippen LogP contribution in [0.4, 0.5) is 0 Å². The second-order valence-corrected chi connectivity index (χ2v) is 3.70. The summed E-state index contributed by atoms with van der Waals surface area (Å²) in [6.45, 7) is 2.05. The molecule has 0 radical (unpaired) electrons. The maximum absolute atomic E-state index is 11.3. The van der Waals surface area contributed by atoms with Gasteiger partial charge < -0.3 is 15.6 Å². The Morgan fingerprint density at radius 2 is 2.36 bits per heavy atom. The number of carbonyl (C=O) groups excluding carboxylic acids is 1. The van der Waals surface area contributed by atoms with Crippen molar-refractivity contribution in [2.45, 2.75) is 12.5 Å². The normalized spacial score (nSPS) is 28.8. The van der Waals surface area contributed by atoms with Crippen LogP contribution in [0.5, 0.6) is 0 Å². The molecule has 0 amide bonds. The van der Waals surface area contributed by atoms with E-state index >= 15 is 0 Å². The van der Waals surface area contributed by atoms with E-state index in [0.717, 1.165) is 6.54 Å². The SMILES string of the molecule is COC(=O)C1CC(N)CN(CCO)C1. The van der Waals surface area contributed by atoms with Crippen molar-refractivity contribution < 1.29 is 14.6 Å². The standard InChI is InChI=1S/C9H18N2O3/c1-14-9(13)7-4-8(10)6-11(5-7)2-3-12/h7-8,12H,2-6,10H2,1H3. The lowest BCUT2D eigenvalue weighted by Crippen LogP contribution is -2.49. The number of carbonyl (C=O) groups is 1. The number of hydrogen-bond acceptors (Lipinski definition) is 5. The molecular formula is C9H18N2O3. The Kier molecular flexibility index (Phi) is 4.31. The Hall–Kier alpha value is -0.650. The van der Waals surface area contributed by atoms with Crippen molar-refractivity contribution in [2.75, 3.05) is 33.4 Å². The number of β-amino-alcohol motifs (C(OH)–C–C–N with tert-alkyl or cyclic N) is 1. The van der Waals surface area contributed by atoms with Crippen LogP contribution in [0.15, 0.2) is 0 Å². The van der Waals surface area contributed by atoms with Gasteiger partial charge in [-0.3, -0.25) is 9.69 Å². The molecular weight excluding hydrogens is 184 g/mol. The Morgan fingerprint density at radius 3 is 2.93 bits per heavy atom. The zero-order valence-electron chi connectivity index (χ0n) is 8.48. The van der Waals surface area contributed by atoms with Gasteiger partial charge in [0.1, 0.15) is 0 Å². The molecule has 1 aliphatic rings. The van der Waals surface area contributed by atoms with Crippen molar-refractivity contribution in [2.24, 2.45) is 11.7 Å². The predicted octanol–water partition coefficient (Wildman–Crippen LogP) is -1.20. The van der Waals surface area contributed by atoms with E-state index in [1.807, 2.05) is 4.90 Å². The Labute approximate surface area is 83.8 Å². The number of aliphatic hydroxyl groups excluding tert-OH is 1. The molecule has 1 rings (SSSR count). The summed E-state index contributed by atoms with van der Waals surface area (Å²) in [7, 11) is 1.39. The third kappa shape index (κ3) is 2.94. The van der Waals surface area contributed by atoms with Gasteiger partial charge in [0.05, 0.1) is 19.6 Å². The zero-order chi connectivity index (χ0) is 10.6. The summed E-state index contributed by atoms with van der Waals surface area (Å²) in [6.07, 6.45) is 0.675. The number of ether oxygens (including phenoxy) is 1. The number of methoxy groups -OCH3 is 1. The average molecular weight is 202 g/mol. The van der Waals surface area contributed by atoms with E-state index in [1.54, 1.807) is 0 Å². The van der Waals surface area contributed by atoms with E-state index in [-0.39, 0.29) is 24.5 Å². The van der Waals surface area contributed by atoms with Crippen LogP contribution in [-0.2, 0) is 9.53 Å². The van der Waals surface area contributed by atoms with Gasteiger partial charge in [0.25, 0.3) is 0 Å². The Bertz CT molecular complexity index is 198. The fourth-order valence-corrected chi connectivity index (χ4v) is 1.89. The van der Waals surface area contributed by atoms with Gasteiger partial charge in [0.15, 0.2) is 0 Å². The first-order valence-electron chi connectivity index (χ1n) is 4.84. The van der Waals surface area contributed by atoms with Crippen molar-refractivity contribution in [3.05, 3.63) is 0 Å². The lowest BCUT2D eigenvalue weighted by atomic mass is 9.95. The number of esters is 1. The van der Waals surface area contributed by atoms with E-state index in [2.05, 4.69) is 4.74 Å². The quantitative estimate of drug-likeness (QED) is 0.562. The van der Waals surface area contributed by atoms with Gasteiger partial charge in [-0.25, -0.2) is 0 Å². The molecule has 2 unspecified atom stereocenters. The molecule has 1 saturated heterocycles. The van der Waals surface area contributed by atoms with E-state index in [0.29, 0.717) is 19.5 Å². The summed E-state index contributed by atoms with van der Waals surface area (Å²) in [5, 5.41) is 8.79. The number of nitrogens with two attached hydrogens (primary N) is 1. The number of likely N-dealkylation sites (tertiary alicyclic amines) is 1. The topological polar surface area (TPSA) is 75.8 Å². The molecule has 5 heteroatoms. The molecule has 0 aromatic carbocycles. The van der Waals surface area contributed by atoms with E-state index < -0.39 is 0 Å². The Balaban J connectivity index is 2.49. The highest BCUT2D eigenvalue weighted by Gasteiger charge is 2.30. The highest BCUT2D eigenvalue weighted by molar-refractivity contribution is 5.72. The van der Waals surface area contributed by atoms with Crippen molar-refractivity contribution in [3.8, 4) is 0 Å². The van der Waals surface area contributed by atoms with Crippen LogP contribution in [-0.4, -0.2) is 55.4 Å². The summed E-state index contributed by atoms with van der Waals surface area (Å²) in [4.78, 5) is 13.3. The molecule has 0 aromatic heterocycles. The van der Waals surface area contributed by atoms with Crippen LogP contribution in [0.3, 0.4) is 0 Å². The average Bonchev–Trinajstić information content (AvgIpc) is 2.16. The lowest BCUT2D eigenvalue weighted by molar-refractivity contribution is -0.147. The fourth-order valence-electron chi connectivity index (χ4n) is 1.89. The van der Waals surface area contributed by atoms with Gasteiger partial charge in [-0.2, -0.15) is 0 Å². The van der Waals surface area contributed by atoms with Crippen molar-refractivity contribution in [1.29, 1.82) is 0 Å². The van der Waals surface area contributed by atoms with E-state index in [4.69, 9.17) is 10.8 Å². The molecule has 0 saturated carbocycles. The first-order valence-corrected chi connectivity index (χ1v) is 4.84. The molecule has 82 valence electrons. The van der Waals surface area contributed by atoms with Crippen LogP contribution in [0, 0.1) is 5.92 Å². The second kappa shape index (κ2) is 5.29. The minimum absolute atomic E-state index is 0.000556. The minimum atomic E-state index is -0.205. The predicted molar refractivity (Wildman–Crippen MR) is 51.6 cm³/mol. The second-order valence-electron chi connectivity index (χ2n) is 3.70. The first kappa shape index (κ1) is 11.4.